The Morgan fingerprint density at radius 2 is 1.43 bits per heavy atom. The molecule has 1 aliphatic rings. The van der Waals surface area contributed by atoms with Crippen molar-refractivity contribution in [3.8, 4) is 11.1 Å². The quantitative estimate of drug-likeness (QED) is 0.714. The number of rotatable bonds is 2. The van der Waals surface area contributed by atoms with E-state index in [2.05, 4.69) is 50.2 Å². The van der Waals surface area contributed by atoms with Gasteiger partial charge in [0.05, 0.1) is 5.92 Å². The number of cyclic esters (lactones) is 1. The van der Waals surface area contributed by atoms with Crippen molar-refractivity contribution in [3.63, 3.8) is 0 Å². The van der Waals surface area contributed by atoms with E-state index >= 15 is 0 Å². The molecular weight excluding hydrogens is 284 g/mol. The highest BCUT2D eigenvalue weighted by Crippen LogP contribution is 2.47. The smallest absolute Gasteiger partial charge is 0.313 e. The molecule has 0 bridgehead atoms. The monoisotopic (exact) mass is 308 g/mol. The standard InChI is InChI=1S/C21H24O2/c1-20(2)14-18(19(22)23-21(20,3)4)17-12-10-16(11-13-17)15-8-6-5-7-9-15/h5-13,18H,14H2,1-4H3. The van der Waals surface area contributed by atoms with Gasteiger partial charge in [-0.1, -0.05) is 68.4 Å². The fourth-order valence-corrected chi connectivity index (χ4v) is 3.09. The van der Waals surface area contributed by atoms with Crippen molar-refractivity contribution in [2.45, 2.75) is 45.6 Å². The van der Waals surface area contributed by atoms with Crippen LogP contribution in [-0.4, -0.2) is 11.6 Å². The molecule has 2 heteroatoms. The molecule has 1 fully saturated rings. The van der Waals surface area contributed by atoms with Crippen LogP contribution >= 0.6 is 0 Å². The van der Waals surface area contributed by atoms with Crippen LogP contribution in [0.25, 0.3) is 11.1 Å². The van der Waals surface area contributed by atoms with Crippen LogP contribution in [0.2, 0.25) is 0 Å². The van der Waals surface area contributed by atoms with Gasteiger partial charge in [-0.25, -0.2) is 0 Å². The first-order valence-corrected chi connectivity index (χ1v) is 8.18. The van der Waals surface area contributed by atoms with Crippen LogP contribution in [-0.2, 0) is 9.53 Å². The second-order valence-corrected chi connectivity index (χ2v) is 7.56. The van der Waals surface area contributed by atoms with Crippen LogP contribution in [0.1, 0.15) is 45.6 Å². The number of benzene rings is 2. The molecule has 0 amide bonds. The number of carbonyl (C=O) groups is 1. The van der Waals surface area contributed by atoms with E-state index in [-0.39, 0.29) is 17.3 Å². The van der Waals surface area contributed by atoms with Gasteiger partial charge in [-0.15, -0.1) is 0 Å². The summed E-state index contributed by atoms with van der Waals surface area (Å²) in [5.41, 5.74) is 2.91. The van der Waals surface area contributed by atoms with E-state index in [4.69, 9.17) is 4.74 Å². The number of hydrogen-bond donors (Lipinski definition) is 0. The van der Waals surface area contributed by atoms with Gasteiger partial charge in [0, 0.05) is 5.41 Å². The van der Waals surface area contributed by atoms with Gasteiger partial charge in [-0.05, 0) is 37.0 Å². The summed E-state index contributed by atoms with van der Waals surface area (Å²) >= 11 is 0. The van der Waals surface area contributed by atoms with E-state index in [0.29, 0.717) is 0 Å². The van der Waals surface area contributed by atoms with Gasteiger partial charge in [0.2, 0.25) is 0 Å². The number of hydrogen-bond acceptors (Lipinski definition) is 2. The molecule has 1 heterocycles. The summed E-state index contributed by atoms with van der Waals surface area (Å²) in [6.07, 6.45) is 0.809. The third-order valence-corrected chi connectivity index (χ3v) is 5.40. The Morgan fingerprint density at radius 3 is 2.04 bits per heavy atom. The van der Waals surface area contributed by atoms with Gasteiger partial charge in [0.1, 0.15) is 5.60 Å². The summed E-state index contributed by atoms with van der Waals surface area (Å²) < 4.78 is 5.73. The number of carbonyl (C=O) groups excluding carboxylic acids is 1. The normalized spacial score (nSPS) is 22.4. The molecule has 23 heavy (non-hydrogen) atoms. The van der Waals surface area contributed by atoms with Crippen LogP contribution in [0.15, 0.2) is 54.6 Å². The van der Waals surface area contributed by atoms with Crippen LogP contribution in [0, 0.1) is 5.41 Å². The Bertz CT molecular complexity index is 696. The minimum Gasteiger partial charge on any atom is -0.459 e. The molecule has 2 aromatic rings. The average molecular weight is 308 g/mol. The Balaban J connectivity index is 1.87. The zero-order valence-electron chi connectivity index (χ0n) is 14.3. The second-order valence-electron chi connectivity index (χ2n) is 7.56. The van der Waals surface area contributed by atoms with Crippen molar-refractivity contribution in [1.82, 2.24) is 0 Å². The Kier molecular flexibility index (Phi) is 3.79. The molecule has 120 valence electrons. The predicted octanol–water partition coefficient (Wildman–Crippen LogP) is 5.19. The molecule has 3 rings (SSSR count). The lowest BCUT2D eigenvalue weighted by molar-refractivity contribution is -0.184. The summed E-state index contributed by atoms with van der Waals surface area (Å²) in [5, 5.41) is 0. The lowest BCUT2D eigenvalue weighted by Gasteiger charge is -2.47. The van der Waals surface area contributed by atoms with E-state index in [9.17, 15) is 4.79 Å². The van der Waals surface area contributed by atoms with Gasteiger partial charge >= 0.3 is 5.97 Å². The molecule has 1 unspecified atom stereocenters. The van der Waals surface area contributed by atoms with E-state index in [1.807, 2.05) is 32.0 Å². The summed E-state index contributed by atoms with van der Waals surface area (Å²) in [6, 6.07) is 18.6. The van der Waals surface area contributed by atoms with Gasteiger partial charge in [0.15, 0.2) is 0 Å². The molecule has 1 atom stereocenters. The highest BCUT2D eigenvalue weighted by Gasteiger charge is 2.48. The van der Waals surface area contributed by atoms with Crippen molar-refractivity contribution < 1.29 is 9.53 Å². The maximum Gasteiger partial charge on any atom is 0.313 e. The van der Waals surface area contributed by atoms with Crippen molar-refractivity contribution in [1.29, 1.82) is 0 Å². The zero-order chi connectivity index (χ0) is 16.7. The average Bonchev–Trinajstić information content (AvgIpc) is 2.52. The lowest BCUT2D eigenvalue weighted by Crippen LogP contribution is -2.50. The molecule has 0 aliphatic carbocycles. The molecule has 0 spiro atoms. The Morgan fingerprint density at radius 1 is 0.870 bits per heavy atom. The highest BCUT2D eigenvalue weighted by molar-refractivity contribution is 5.80. The van der Waals surface area contributed by atoms with Crippen LogP contribution in [0.5, 0.6) is 0 Å². The summed E-state index contributed by atoms with van der Waals surface area (Å²) in [5.74, 6) is -0.287. The summed E-state index contributed by atoms with van der Waals surface area (Å²) in [4.78, 5) is 12.4. The molecule has 1 aliphatic heterocycles. The first kappa shape index (κ1) is 15.8. The zero-order valence-corrected chi connectivity index (χ0v) is 14.3. The summed E-state index contributed by atoms with van der Waals surface area (Å²) in [7, 11) is 0. The second kappa shape index (κ2) is 5.52. The molecule has 0 N–H and O–H groups in total. The number of esters is 1. The largest absolute Gasteiger partial charge is 0.459 e. The Labute approximate surface area is 138 Å². The molecule has 0 saturated carbocycles. The first-order valence-electron chi connectivity index (χ1n) is 8.18. The first-order chi connectivity index (χ1) is 10.8. The van der Waals surface area contributed by atoms with Crippen molar-refractivity contribution in [2.75, 3.05) is 0 Å². The lowest BCUT2D eigenvalue weighted by atomic mass is 9.68. The third kappa shape index (κ3) is 2.90. The van der Waals surface area contributed by atoms with Crippen molar-refractivity contribution >= 4 is 5.97 Å². The fraction of sp³-hybridized carbons (Fsp3) is 0.381. The minimum atomic E-state index is -0.426. The maximum atomic E-state index is 12.4. The van der Waals surface area contributed by atoms with Crippen molar-refractivity contribution in [3.05, 3.63) is 60.2 Å². The van der Waals surface area contributed by atoms with Crippen LogP contribution in [0.4, 0.5) is 0 Å². The SMILES string of the molecule is CC1(C)CC(c2ccc(-c3ccccc3)cc2)C(=O)OC1(C)C. The van der Waals surface area contributed by atoms with E-state index in [1.165, 1.54) is 5.56 Å². The highest BCUT2D eigenvalue weighted by atomic mass is 16.6. The molecular formula is C21H24O2. The molecule has 0 radical (unpaired) electrons. The Hall–Kier alpha value is -2.09. The topological polar surface area (TPSA) is 26.3 Å². The summed E-state index contributed by atoms with van der Waals surface area (Å²) in [6.45, 7) is 8.34. The predicted molar refractivity (Wildman–Crippen MR) is 93.2 cm³/mol. The molecule has 1 saturated heterocycles. The van der Waals surface area contributed by atoms with Crippen LogP contribution < -0.4 is 0 Å². The van der Waals surface area contributed by atoms with Gasteiger partial charge in [-0.2, -0.15) is 0 Å². The molecule has 2 aromatic carbocycles. The van der Waals surface area contributed by atoms with E-state index in [1.54, 1.807) is 0 Å². The van der Waals surface area contributed by atoms with Gasteiger partial charge in [-0.3, -0.25) is 4.79 Å². The van der Waals surface area contributed by atoms with Gasteiger partial charge < -0.3 is 4.74 Å². The van der Waals surface area contributed by atoms with E-state index in [0.717, 1.165) is 17.5 Å². The maximum absolute atomic E-state index is 12.4. The number of ether oxygens (including phenoxy) is 1. The minimum absolute atomic E-state index is 0.0519. The fourth-order valence-electron chi connectivity index (χ4n) is 3.09. The molecule has 0 aromatic heterocycles. The van der Waals surface area contributed by atoms with Crippen molar-refractivity contribution in [2.24, 2.45) is 5.41 Å². The van der Waals surface area contributed by atoms with E-state index < -0.39 is 5.60 Å². The van der Waals surface area contributed by atoms with Gasteiger partial charge in [0.25, 0.3) is 0 Å². The molecule has 2 nitrogen and oxygen atoms in total. The third-order valence-electron chi connectivity index (χ3n) is 5.40. The van der Waals surface area contributed by atoms with Crippen LogP contribution in [0.3, 0.4) is 0 Å².